The molecule has 190 valence electrons. The molecule has 0 spiro atoms. The Morgan fingerprint density at radius 3 is 2.43 bits per heavy atom. The third-order valence-electron chi connectivity index (χ3n) is 6.93. The second kappa shape index (κ2) is 10.4. The van der Waals surface area contributed by atoms with Crippen LogP contribution in [0, 0.1) is 0 Å². The summed E-state index contributed by atoms with van der Waals surface area (Å²) in [5.74, 6) is -0.324. The highest BCUT2D eigenvalue weighted by Crippen LogP contribution is 2.35. The molecule has 2 heterocycles. The molecule has 35 heavy (non-hydrogen) atoms. The Labute approximate surface area is 203 Å². The molecule has 4 N–H and O–H groups in total. The molecule has 1 unspecified atom stereocenters. The molecule has 2 aliphatic rings. The van der Waals surface area contributed by atoms with E-state index in [1.165, 1.54) is 0 Å². The molecule has 11 heteroatoms. The zero-order valence-electron chi connectivity index (χ0n) is 20.0. The first-order chi connectivity index (χ1) is 16.6. The van der Waals surface area contributed by atoms with Crippen LogP contribution >= 0.6 is 0 Å². The van der Waals surface area contributed by atoms with Crippen molar-refractivity contribution >= 4 is 23.4 Å². The van der Waals surface area contributed by atoms with Crippen molar-refractivity contribution in [1.82, 2.24) is 19.8 Å². The van der Waals surface area contributed by atoms with E-state index in [1.54, 1.807) is 29.2 Å². The van der Waals surface area contributed by atoms with E-state index < -0.39 is 11.7 Å². The number of anilines is 3. The number of rotatable bonds is 6. The number of carbonyl (C=O) groups excluding carboxylic acids is 1. The number of benzene rings is 1. The molecule has 2 fully saturated rings. The van der Waals surface area contributed by atoms with Crippen LogP contribution in [0.1, 0.15) is 48.0 Å². The number of piperidine rings is 1. The van der Waals surface area contributed by atoms with Crippen molar-refractivity contribution in [3.63, 3.8) is 0 Å². The SMILES string of the molecule is CN1CCC(N(C)C(=O)c2ccc(Nc3ncc(C(F)(F)F)c(NC4CCC[C@@H]4N)n3)cc2)CC1. The Morgan fingerprint density at radius 2 is 1.83 bits per heavy atom. The summed E-state index contributed by atoms with van der Waals surface area (Å²) in [6.45, 7) is 1.92. The maximum Gasteiger partial charge on any atom is 0.421 e. The molecule has 1 aliphatic carbocycles. The molecule has 1 aromatic heterocycles. The van der Waals surface area contributed by atoms with E-state index in [-0.39, 0.29) is 35.8 Å². The zero-order chi connectivity index (χ0) is 25.2. The monoisotopic (exact) mass is 491 g/mol. The lowest BCUT2D eigenvalue weighted by molar-refractivity contribution is -0.137. The van der Waals surface area contributed by atoms with Crippen LogP contribution in [0.15, 0.2) is 30.5 Å². The second-order valence-corrected chi connectivity index (χ2v) is 9.45. The summed E-state index contributed by atoms with van der Waals surface area (Å²) in [6.07, 6.45) is 0.351. The van der Waals surface area contributed by atoms with Crippen LogP contribution in [-0.4, -0.2) is 71.0 Å². The standard InChI is InChI=1S/C24H32F3N7O/c1-33-12-10-17(11-13-33)34(2)22(35)15-6-8-16(9-7-15)30-23-29-14-18(24(25,26)27)21(32-23)31-20-5-3-4-19(20)28/h6-9,14,17,19-20H,3-5,10-13,28H2,1-2H3,(H2,29,30,31,32)/t19-,20?/m0/s1. The zero-order valence-corrected chi connectivity index (χ0v) is 20.0. The topological polar surface area (TPSA) is 99.4 Å². The molecule has 1 saturated carbocycles. The third-order valence-corrected chi connectivity index (χ3v) is 6.93. The van der Waals surface area contributed by atoms with Gasteiger partial charge in [0.2, 0.25) is 5.95 Å². The van der Waals surface area contributed by atoms with Gasteiger partial charge in [0, 0.05) is 42.6 Å². The number of alkyl halides is 3. The fourth-order valence-electron chi connectivity index (χ4n) is 4.68. The Hall–Kier alpha value is -2.92. The number of likely N-dealkylation sites (tertiary alicyclic amines) is 1. The van der Waals surface area contributed by atoms with Gasteiger partial charge in [-0.15, -0.1) is 0 Å². The molecule has 2 aromatic rings. The minimum absolute atomic E-state index is 0.0228. The number of nitrogens with two attached hydrogens (primary N) is 1. The third kappa shape index (κ3) is 6.02. The number of aromatic nitrogens is 2. The number of amides is 1. The quantitative estimate of drug-likeness (QED) is 0.567. The van der Waals surface area contributed by atoms with Gasteiger partial charge in [-0.25, -0.2) is 4.98 Å². The van der Waals surface area contributed by atoms with Crippen LogP contribution in [0.2, 0.25) is 0 Å². The Morgan fingerprint density at radius 1 is 1.14 bits per heavy atom. The average Bonchev–Trinajstić information content (AvgIpc) is 3.22. The lowest BCUT2D eigenvalue weighted by atomic mass is 10.0. The van der Waals surface area contributed by atoms with E-state index in [4.69, 9.17) is 5.73 Å². The van der Waals surface area contributed by atoms with Crippen LogP contribution in [0.4, 0.5) is 30.6 Å². The molecule has 1 aromatic carbocycles. The number of hydrogen-bond acceptors (Lipinski definition) is 7. The van der Waals surface area contributed by atoms with Gasteiger partial charge < -0.3 is 26.2 Å². The summed E-state index contributed by atoms with van der Waals surface area (Å²) in [6, 6.07) is 6.48. The molecule has 1 saturated heterocycles. The minimum atomic E-state index is -4.59. The van der Waals surface area contributed by atoms with E-state index in [2.05, 4.69) is 32.5 Å². The number of carbonyl (C=O) groups is 1. The van der Waals surface area contributed by atoms with Crippen molar-refractivity contribution in [2.45, 2.75) is 56.4 Å². The van der Waals surface area contributed by atoms with Gasteiger partial charge in [0.25, 0.3) is 5.91 Å². The molecule has 1 aliphatic heterocycles. The van der Waals surface area contributed by atoms with Gasteiger partial charge in [-0.3, -0.25) is 4.79 Å². The fourth-order valence-corrected chi connectivity index (χ4v) is 4.68. The van der Waals surface area contributed by atoms with E-state index in [9.17, 15) is 18.0 Å². The molecular formula is C24H32F3N7O. The van der Waals surface area contributed by atoms with E-state index in [0.717, 1.165) is 45.0 Å². The summed E-state index contributed by atoms with van der Waals surface area (Å²) >= 11 is 0. The average molecular weight is 492 g/mol. The predicted molar refractivity (Wildman–Crippen MR) is 129 cm³/mol. The highest BCUT2D eigenvalue weighted by Gasteiger charge is 2.37. The van der Waals surface area contributed by atoms with Crippen molar-refractivity contribution in [3.8, 4) is 0 Å². The van der Waals surface area contributed by atoms with Crippen molar-refractivity contribution in [2.24, 2.45) is 5.73 Å². The molecule has 8 nitrogen and oxygen atoms in total. The van der Waals surface area contributed by atoms with Crippen molar-refractivity contribution < 1.29 is 18.0 Å². The van der Waals surface area contributed by atoms with Crippen molar-refractivity contribution in [3.05, 3.63) is 41.6 Å². The highest BCUT2D eigenvalue weighted by molar-refractivity contribution is 5.94. The maximum atomic E-state index is 13.5. The first-order valence-corrected chi connectivity index (χ1v) is 11.9. The number of nitrogens with zero attached hydrogens (tertiary/aromatic N) is 4. The van der Waals surface area contributed by atoms with Gasteiger partial charge in [-0.05, 0) is 76.5 Å². The summed E-state index contributed by atoms with van der Waals surface area (Å²) < 4.78 is 40.5. The Balaban J connectivity index is 1.46. The number of halogens is 3. The van der Waals surface area contributed by atoms with Gasteiger partial charge in [0.1, 0.15) is 11.4 Å². The molecule has 4 rings (SSSR count). The normalized spacial score (nSPS) is 21.7. The molecule has 1 amide bonds. The van der Waals surface area contributed by atoms with E-state index >= 15 is 0 Å². The maximum absolute atomic E-state index is 13.5. The summed E-state index contributed by atoms with van der Waals surface area (Å²) in [5.41, 5.74) is 6.20. The lowest BCUT2D eigenvalue weighted by Gasteiger charge is -2.35. The van der Waals surface area contributed by atoms with Crippen molar-refractivity contribution in [1.29, 1.82) is 0 Å². The molecular weight excluding hydrogens is 459 g/mol. The van der Waals surface area contributed by atoms with Crippen LogP contribution in [-0.2, 0) is 6.18 Å². The van der Waals surface area contributed by atoms with Gasteiger partial charge in [-0.2, -0.15) is 18.2 Å². The largest absolute Gasteiger partial charge is 0.421 e. The van der Waals surface area contributed by atoms with Gasteiger partial charge >= 0.3 is 6.18 Å². The molecule has 0 bridgehead atoms. The highest BCUT2D eigenvalue weighted by atomic mass is 19.4. The Bertz CT molecular complexity index is 1020. The minimum Gasteiger partial charge on any atom is -0.365 e. The van der Waals surface area contributed by atoms with E-state index in [1.807, 2.05) is 7.05 Å². The summed E-state index contributed by atoms with van der Waals surface area (Å²) in [5, 5.41) is 5.80. The number of nitrogens with one attached hydrogen (secondary N) is 2. The summed E-state index contributed by atoms with van der Waals surface area (Å²) in [4.78, 5) is 24.9. The molecule has 0 radical (unpaired) electrons. The van der Waals surface area contributed by atoms with Crippen molar-refractivity contribution in [2.75, 3.05) is 37.8 Å². The predicted octanol–water partition coefficient (Wildman–Crippen LogP) is 3.70. The van der Waals surface area contributed by atoms with Crippen LogP contribution in [0.5, 0.6) is 0 Å². The fraction of sp³-hybridized carbons (Fsp3) is 0.542. The van der Waals surface area contributed by atoms with E-state index in [0.29, 0.717) is 17.7 Å². The molecule has 2 atom stereocenters. The first kappa shape index (κ1) is 25.2. The van der Waals surface area contributed by atoms with Gasteiger partial charge in [0.05, 0.1) is 0 Å². The van der Waals surface area contributed by atoms with Gasteiger partial charge in [-0.1, -0.05) is 0 Å². The van der Waals surface area contributed by atoms with Crippen LogP contribution < -0.4 is 16.4 Å². The second-order valence-electron chi connectivity index (χ2n) is 9.45. The van der Waals surface area contributed by atoms with Crippen LogP contribution in [0.25, 0.3) is 0 Å². The first-order valence-electron chi connectivity index (χ1n) is 11.9. The van der Waals surface area contributed by atoms with Gasteiger partial charge in [0.15, 0.2) is 0 Å². The lowest BCUT2D eigenvalue weighted by Crippen LogP contribution is -2.44. The smallest absolute Gasteiger partial charge is 0.365 e. The number of hydrogen-bond donors (Lipinski definition) is 3. The summed E-state index contributed by atoms with van der Waals surface area (Å²) in [7, 11) is 3.90. The Kier molecular flexibility index (Phi) is 7.46. The van der Waals surface area contributed by atoms with Crippen LogP contribution in [0.3, 0.4) is 0 Å².